The number of hydrogen-bond donors (Lipinski definition) is 1. The van der Waals surface area contributed by atoms with E-state index in [1.807, 2.05) is 0 Å². The molecule has 0 aliphatic heterocycles. The molecule has 0 aromatic carbocycles. The Labute approximate surface area is 110 Å². The van der Waals surface area contributed by atoms with Gasteiger partial charge in [0, 0.05) is 11.8 Å². The molecule has 0 spiro atoms. The zero-order chi connectivity index (χ0) is 12.0. The highest BCUT2D eigenvalue weighted by Gasteiger charge is 2.38. The monoisotopic (exact) mass is 351 g/mol. The van der Waals surface area contributed by atoms with Crippen molar-refractivity contribution >= 4 is 31.9 Å². The van der Waals surface area contributed by atoms with Crippen molar-refractivity contribution in [2.75, 3.05) is 0 Å². The first-order valence-corrected chi connectivity index (χ1v) is 6.94. The first-order valence-electron chi connectivity index (χ1n) is 5.11. The lowest BCUT2D eigenvalue weighted by Crippen LogP contribution is -2.35. The van der Waals surface area contributed by atoms with Crippen LogP contribution in [0.25, 0.3) is 0 Å². The summed E-state index contributed by atoms with van der Waals surface area (Å²) in [6.07, 6.45) is 1.78. The van der Waals surface area contributed by atoms with Crippen LogP contribution >= 0.6 is 31.9 Å². The lowest BCUT2D eigenvalue weighted by Gasteiger charge is -2.22. The lowest BCUT2D eigenvalue weighted by atomic mass is 9.99. The molecule has 16 heavy (non-hydrogen) atoms. The van der Waals surface area contributed by atoms with E-state index < -0.39 is 0 Å². The van der Waals surface area contributed by atoms with Crippen LogP contribution in [-0.4, -0.2) is 9.94 Å². The van der Waals surface area contributed by atoms with Gasteiger partial charge in [0.15, 0.2) is 0 Å². The van der Waals surface area contributed by atoms with Gasteiger partial charge in [0.2, 0.25) is 0 Å². The standard InChI is InChI=1S/C10H13Br2N2O2/c1-5-6(2)14(16)10-8(12)4-3-7(11)9(10)13(5)15/h7-8,15H,3-4H2,1-2H3/q+1/t7-,8+/m0/s1. The third-order valence-electron chi connectivity index (χ3n) is 3.12. The molecule has 2 rings (SSSR count). The van der Waals surface area contributed by atoms with Crippen LogP contribution < -0.4 is 4.43 Å². The summed E-state index contributed by atoms with van der Waals surface area (Å²) < 4.78 is 2.05. The van der Waals surface area contributed by atoms with Gasteiger partial charge in [0.25, 0.3) is 11.4 Å². The van der Waals surface area contributed by atoms with Gasteiger partial charge >= 0.3 is 0 Å². The first-order chi connectivity index (χ1) is 7.45. The average molecular weight is 353 g/mol. The summed E-state index contributed by atoms with van der Waals surface area (Å²) >= 11 is 7.00. The molecule has 0 saturated heterocycles. The molecule has 1 aliphatic carbocycles. The molecule has 0 amide bonds. The van der Waals surface area contributed by atoms with Gasteiger partial charge in [-0.05, 0) is 19.8 Å². The maximum atomic E-state index is 12.1. The number of hydrogen-bond acceptors (Lipinski definition) is 2. The number of aromatic nitrogens is 2. The van der Waals surface area contributed by atoms with Gasteiger partial charge in [-0.2, -0.15) is 4.73 Å². The van der Waals surface area contributed by atoms with Crippen molar-refractivity contribution in [2.45, 2.75) is 36.3 Å². The van der Waals surface area contributed by atoms with E-state index in [2.05, 4.69) is 31.9 Å². The van der Waals surface area contributed by atoms with Crippen molar-refractivity contribution in [3.05, 3.63) is 27.7 Å². The number of rotatable bonds is 0. The third kappa shape index (κ3) is 1.62. The molecule has 0 saturated carbocycles. The number of halogens is 2. The quantitative estimate of drug-likeness (QED) is 0.443. The van der Waals surface area contributed by atoms with E-state index in [1.165, 1.54) is 0 Å². The molecule has 0 bridgehead atoms. The van der Waals surface area contributed by atoms with Crippen LogP contribution in [-0.2, 0) is 0 Å². The molecule has 0 unspecified atom stereocenters. The molecule has 4 nitrogen and oxygen atoms in total. The molecule has 1 aromatic heterocycles. The van der Waals surface area contributed by atoms with Crippen LogP contribution in [0.3, 0.4) is 0 Å². The highest BCUT2D eigenvalue weighted by molar-refractivity contribution is 9.09. The van der Waals surface area contributed by atoms with E-state index in [4.69, 9.17) is 0 Å². The predicted molar refractivity (Wildman–Crippen MR) is 67.0 cm³/mol. The van der Waals surface area contributed by atoms with Crippen molar-refractivity contribution in [3.63, 3.8) is 0 Å². The fourth-order valence-corrected chi connectivity index (χ4v) is 3.40. The molecule has 1 aliphatic rings. The van der Waals surface area contributed by atoms with Crippen LogP contribution in [0.2, 0.25) is 0 Å². The lowest BCUT2D eigenvalue weighted by molar-refractivity contribution is -0.516. The van der Waals surface area contributed by atoms with Gasteiger partial charge < -0.3 is 5.21 Å². The van der Waals surface area contributed by atoms with Crippen LogP contribution in [0, 0.1) is 18.8 Å². The van der Waals surface area contributed by atoms with E-state index >= 15 is 0 Å². The van der Waals surface area contributed by atoms with Crippen LogP contribution in [0.15, 0.2) is 0 Å². The van der Waals surface area contributed by atoms with Gasteiger partial charge in [-0.25, -0.2) is 0 Å². The van der Waals surface area contributed by atoms with Crippen LogP contribution in [0.4, 0.5) is 0 Å². The van der Waals surface area contributed by atoms with Gasteiger partial charge in [-0.1, -0.05) is 31.9 Å². The van der Waals surface area contributed by atoms with Gasteiger partial charge in [-0.3, -0.25) is 0 Å². The third-order valence-corrected chi connectivity index (χ3v) is 4.91. The Kier molecular flexibility index (Phi) is 3.13. The van der Waals surface area contributed by atoms with Crippen molar-refractivity contribution in [2.24, 2.45) is 0 Å². The second kappa shape index (κ2) is 4.14. The summed E-state index contributed by atoms with van der Waals surface area (Å²) in [5.41, 5.74) is 2.39. The summed E-state index contributed by atoms with van der Waals surface area (Å²) in [6, 6.07) is 0. The molecular formula is C10H13Br2N2O2+. The molecule has 0 radical (unpaired) electrons. The smallest absolute Gasteiger partial charge is 0.277 e. The normalized spacial score (nSPS) is 24.2. The predicted octanol–water partition coefficient (Wildman–Crippen LogP) is 2.92. The number of fused-ring (bicyclic) bond motifs is 1. The van der Waals surface area contributed by atoms with Crippen LogP contribution in [0.5, 0.6) is 0 Å². The molecule has 1 aromatic rings. The number of alkyl halides is 2. The van der Waals surface area contributed by atoms with Crippen molar-refractivity contribution in [1.29, 1.82) is 0 Å². The van der Waals surface area contributed by atoms with E-state index in [0.29, 0.717) is 22.8 Å². The topological polar surface area (TPSA) is 48.1 Å². The van der Waals surface area contributed by atoms with Gasteiger partial charge in [-0.15, -0.1) is 0 Å². The second-order valence-electron chi connectivity index (χ2n) is 4.06. The van der Waals surface area contributed by atoms with Gasteiger partial charge in [0.05, 0.1) is 9.25 Å². The van der Waals surface area contributed by atoms with Crippen molar-refractivity contribution < 1.29 is 9.63 Å². The highest BCUT2D eigenvalue weighted by Crippen LogP contribution is 2.42. The SMILES string of the molecule is Cc1c(C)[n+](=O)c2c(n1O)[C@@H](Br)CC[C@H]2Br. The fourth-order valence-electron chi connectivity index (χ4n) is 2.02. The molecule has 6 heteroatoms. The summed E-state index contributed by atoms with van der Waals surface area (Å²) in [5, 5.41) is 10.1. The Bertz CT molecular complexity index is 499. The fraction of sp³-hybridized carbons (Fsp3) is 0.600. The molecule has 2 atom stereocenters. The largest absolute Gasteiger partial charge is 0.428 e. The Morgan fingerprint density at radius 1 is 1.31 bits per heavy atom. The van der Waals surface area contributed by atoms with E-state index in [9.17, 15) is 10.1 Å². The minimum Gasteiger partial charge on any atom is -0.428 e. The second-order valence-corrected chi connectivity index (χ2v) is 6.27. The zero-order valence-electron chi connectivity index (χ0n) is 9.07. The summed E-state index contributed by atoms with van der Waals surface area (Å²) in [4.78, 5) is 12.1. The molecule has 1 N–H and O–H groups in total. The summed E-state index contributed by atoms with van der Waals surface area (Å²) in [5.74, 6) is 0. The maximum Gasteiger partial charge on any atom is 0.277 e. The zero-order valence-corrected chi connectivity index (χ0v) is 12.2. The highest BCUT2D eigenvalue weighted by atomic mass is 79.9. The Balaban J connectivity index is 2.84. The van der Waals surface area contributed by atoms with Crippen molar-refractivity contribution in [1.82, 2.24) is 4.73 Å². The van der Waals surface area contributed by atoms with E-state index in [0.717, 1.165) is 22.0 Å². The van der Waals surface area contributed by atoms with Crippen molar-refractivity contribution in [3.8, 4) is 0 Å². The Morgan fingerprint density at radius 3 is 2.50 bits per heavy atom. The van der Waals surface area contributed by atoms with E-state index in [1.54, 1.807) is 13.8 Å². The van der Waals surface area contributed by atoms with Gasteiger partial charge in [0.1, 0.15) is 16.2 Å². The minimum absolute atomic E-state index is 0.00602. The minimum atomic E-state index is 0.00602. The Morgan fingerprint density at radius 2 is 1.88 bits per heavy atom. The average Bonchev–Trinajstić information content (AvgIpc) is 2.26. The molecular weight excluding hydrogens is 340 g/mol. The van der Waals surface area contributed by atoms with E-state index in [-0.39, 0.29) is 9.65 Å². The molecule has 0 fully saturated rings. The summed E-state index contributed by atoms with van der Waals surface area (Å²) in [7, 11) is 0. The summed E-state index contributed by atoms with van der Waals surface area (Å²) in [6.45, 7) is 3.45. The first kappa shape index (κ1) is 12.1. The molecule has 88 valence electrons. The maximum absolute atomic E-state index is 12.1. The Hall–Kier alpha value is -0.360. The molecule has 1 heterocycles. The number of nitrogens with zero attached hydrogens (tertiary/aromatic N) is 2. The van der Waals surface area contributed by atoms with Crippen LogP contribution in [0.1, 0.15) is 45.3 Å².